The minimum atomic E-state index is -3.79. The Hall–Kier alpha value is -2.67. The number of benzene rings is 2. The molecular weight excluding hydrogens is 494 g/mol. The maximum absolute atomic E-state index is 13.1. The van der Waals surface area contributed by atoms with Gasteiger partial charge in [-0.05, 0) is 69.2 Å². The van der Waals surface area contributed by atoms with Gasteiger partial charge in [0.05, 0.1) is 35.6 Å². The van der Waals surface area contributed by atoms with E-state index in [1.54, 1.807) is 26.0 Å². The van der Waals surface area contributed by atoms with Gasteiger partial charge in [0.2, 0.25) is 26.0 Å². The number of hydrogen-bond donors (Lipinski definition) is 2. The van der Waals surface area contributed by atoms with Crippen LogP contribution in [0.3, 0.4) is 0 Å². The Labute approximate surface area is 206 Å². The zero-order chi connectivity index (χ0) is 25.8. The normalized spacial score (nSPS) is 17.2. The molecule has 2 aromatic rings. The smallest absolute Gasteiger partial charge is 0.243 e. The highest BCUT2D eigenvalue weighted by molar-refractivity contribution is 7.89. The van der Waals surface area contributed by atoms with Crippen LogP contribution < -0.4 is 19.5 Å². The van der Waals surface area contributed by atoms with Crippen molar-refractivity contribution in [3.05, 3.63) is 42.5 Å². The molecule has 1 amide bonds. The van der Waals surface area contributed by atoms with Crippen LogP contribution in [0, 0.1) is 5.92 Å². The number of nitrogens with one attached hydrogen (secondary N) is 2. The summed E-state index contributed by atoms with van der Waals surface area (Å²) in [6.45, 7) is 3.72. The zero-order valence-corrected chi connectivity index (χ0v) is 21.8. The predicted molar refractivity (Wildman–Crippen MR) is 132 cm³/mol. The van der Waals surface area contributed by atoms with Gasteiger partial charge in [0, 0.05) is 19.1 Å². The maximum Gasteiger partial charge on any atom is 0.243 e. The predicted octanol–water partition coefficient (Wildman–Crippen LogP) is 2.43. The fourth-order valence-corrected chi connectivity index (χ4v) is 6.64. The number of ether oxygens (including phenoxy) is 2. The van der Waals surface area contributed by atoms with E-state index in [0.29, 0.717) is 30.9 Å². The highest BCUT2D eigenvalue weighted by Gasteiger charge is 2.33. The molecule has 3 rings (SSSR count). The summed E-state index contributed by atoms with van der Waals surface area (Å²) in [5.74, 6) is -0.193. The van der Waals surface area contributed by atoms with Gasteiger partial charge >= 0.3 is 0 Å². The number of rotatable bonds is 9. The molecule has 1 saturated heterocycles. The Morgan fingerprint density at radius 3 is 2.26 bits per heavy atom. The average molecular weight is 526 g/mol. The topological polar surface area (TPSA) is 131 Å². The fourth-order valence-electron chi connectivity index (χ4n) is 3.84. The third-order valence-electron chi connectivity index (χ3n) is 5.58. The van der Waals surface area contributed by atoms with Crippen LogP contribution in [-0.2, 0) is 24.8 Å². The molecule has 192 valence electrons. The number of carbonyl (C=O) groups is 1. The van der Waals surface area contributed by atoms with Gasteiger partial charge in [0.15, 0.2) is 0 Å². The standard InChI is InChI=1S/C23H31N3O7S2/c1-16(2)25-34(28,29)20-11-12-22(33-4)21(14-20)24-23(27)17-6-5-13-26(15-17)35(30,31)19-9-7-18(32-3)8-10-19/h7-12,14,16-17,25H,5-6,13,15H2,1-4H3,(H,24,27)/t17-/m1/s1. The van der Waals surface area contributed by atoms with Crippen LogP contribution in [-0.4, -0.2) is 60.4 Å². The van der Waals surface area contributed by atoms with Crippen molar-refractivity contribution in [3.63, 3.8) is 0 Å². The van der Waals surface area contributed by atoms with Crippen molar-refractivity contribution in [2.75, 3.05) is 32.6 Å². The quantitative estimate of drug-likeness (QED) is 0.514. The van der Waals surface area contributed by atoms with Crippen molar-refractivity contribution in [1.29, 1.82) is 0 Å². The highest BCUT2D eigenvalue weighted by atomic mass is 32.2. The van der Waals surface area contributed by atoms with Crippen LogP contribution in [0.25, 0.3) is 0 Å². The Bertz CT molecular complexity index is 1260. The number of carbonyl (C=O) groups excluding carboxylic acids is 1. The molecule has 1 atom stereocenters. The molecule has 1 aliphatic heterocycles. The summed E-state index contributed by atoms with van der Waals surface area (Å²) in [6.07, 6.45) is 1.01. The Balaban J connectivity index is 1.79. The zero-order valence-electron chi connectivity index (χ0n) is 20.1. The molecule has 1 aliphatic rings. The van der Waals surface area contributed by atoms with Crippen LogP contribution in [0.1, 0.15) is 26.7 Å². The Kier molecular flexibility index (Phi) is 8.42. The molecule has 12 heteroatoms. The van der Waals surface area contributed by atoms with Gasteiger partial charge in [-0.3, -0.25) is 4.79 Å². The SMILES string of the molecule is COc1ccc(S(=O)(=O)N2CCC[C@@H](C(=O)Nc3cc(S(=O)(=O)NC(C)C)ccc3OC)C2)cc1. The first-order valence-electron chi connectivity index (χ1n) is 11.1. The lowest BCUT2D eigenvalue weighted by Crippen LogP contribution is -2.43. The number of methoxy groups -OCH3 is 2. The molecule has 10 nitrogen and oxygen atoms in total. The molecule has 1 heterocycles. The first-order valence-corrected chi connectivity index (χ1v) is 14.1. The first-order chi connectivity index (χ1) is 16.5. The third-order valence-corrected chi connectivity index (χ3v) is 9.12. The van der Waals surface area contributed by atoms with Gasteiger partial charge in [0.1, 0.15) is 11.5 Å². The lowest BCUT2D eigenvalue weighted by Gasteiger charge is -2.31. The first kappa shape index (κ1) is 26.9. The molecule has 35 heavy (non-hydrogen) atoms. The summed E-state index contributed by atoms with van der Waals surface area (Å²) in [5.41, 5.74) is 0.194. The van der Waals surface area contributed by atoms with E-state index in [2.05, 4.69) is 10.0 Å². The van der Waals surface area contributed by atoms with Crippen molar-refractivity contribution < 1.29 is 31.1 Å². The van der Waals surface area contributed by atoms with Crippen LogP contribution in [0.5, 0.6) is 11.5 Å². The molecule has 0 radical (unpaired) electrons. The van der Waals surface area contributed by atoms with Gasteiger partial charge in [-0.2, -0.15) is 4.31 Å². The molecule has 0 spiro atoms. The van der Waals surface area contributed by atoms with E-state index >= 15 is 0 Å². The largest absolute Gasteiger partial charge is 0.497 e. The minimum Gasteiger partial charge on any atom is -0.497 e. The third kappa shape index (κ3) is 6.31. The second kappa shape index (κ2) is 10.9. The molecule has 0 aromatic heterocycles. The van der Waals surface area contributed by atoms with Crippen LogP contribution >= 0.6 is 0 Å². The van der Waals surface area contributed by atoms with Crippen LogP contribution in [0.2, 0.25) is 0 Å². The van der Waals surface area contributed by atoms with Gasteiger partial charge < -0.3 is 14.8 Å². The summed E-state index contributed by atoms with van der Waals surface area (Å²) < 4.78 is 65.5. The molecule has 2 N–H and O–H groups in total. The summed E-state index contributed by atoms with van der Waals surface area (Å²) in [4.78, 5) is 13.2. The lowest BCUT2D eigenvalue weighted by molar-refractivity contribution is -0.120. The number of piperidine rings is 1. The van der Waals surface area contributed by atoms with Crippen molar-refractivity contribution in [2.45, 2.75) is 42.5 Å². The van der Waals surface area contributed by atoms with E-state index in [1.165, 1.54) is 48.9 Å². The summed E-state index contributed by atoms with van der Waals surface area (Å²) in [5, 5.41) is 2.73. The van der Waals surface area contributed by atoms with Crippen molar-refractivity contribution in [2.24, 2.45) is 5.92 Å². The van der Waals surface area contributed by atoms with Crippen molar-refractivity contribution >= 4 is 31.6 Å². The summed E-state index contributed by atoms with van der Waals surface area (Å²) in [6, 6.07) is 9.97. The number of hydrogen-bond acceptors (Lipinski definition) is 7. The molecule has 2 aromatic carbocycles. The molecule has 0 bridgehead atoms. The van der Waals surface area contributed by atoms with E-state index in [-0.39, 0.29) is 28.1 Å². The lowest BCUT2D eigenvalue weighted by atomic mass is 9.98. The minimum absolute atomic E-state index is 0.00933. The van der Waals surface area contributed by atoms with Gasteiger partial charge in [-0.15, -0.1) is 0 Å². The van der Waals surface area contributed by atoms with Crippen LogP contribution in [0.15, 0.2) is 52.3 Å². The number of sulfonamides is 2. The van der Waals surface area contributed by atoms with E-state index < -0.39 is 31.9 Å². The number of anilines is 1. The molecular formula is C23H31N3O7S2. The summed E-state index contributed by atoms with van der Waals surface area (Å²) in [7, 11) is -4.67. The van der Waals surface area contributed by atoms with E-state index in [0.717, 1.165) is 0 Å². The summed E-state index contributed by atoms with van der Waals surface area (Å²) >= 11 is 0. The molecule has 0 aliphatic carbocycles. The maximum atomic E-state index is 13.1. The average Bonchev–Trinajstić information content (AvgIpc) is 2.83. The van der Waals surface area contributed by atoms with Gasteiger partial charge in [-0.1, -0.05) is 0 Å². The molecule has 0 saturated carbocycles. The van der Waals surface area contributed by atoms with Gasteiger partial charge in [0.25, 0.3) is 0 Å². The monoisotopic (exact) mass is 525 g/mol. The fraction of sp³-hybridized carbons (Fsp3) is 0.435. The van der Waals surface area contributed by atoms with Crippen molar-refractivity contribution in [1.82, 2.24) is 9.03 Å². The van der Waals surface area contributed by atoms with Crippen molar-refractivity contribution in [3.8, 4) is 11.5 Å². The number of nitrogens with zero attached hydrogens (tertiary/aromatic N) is 1. The number of amides is 1. The van der Waals surface area contributed by atoms with E-state index in [1.807, 2.05) is 0 Å². The van der Waals surface area contributed by atoms with E-state index in [4.69, 9.17) is 9.47 Å². The molecule has 0 unspecified atom stereocenters. The highest BCUT2D eigenvalue weighted by Crippen LogP contribution is 2.30. The van der Waals surface area contributed by atoms with Gasteiger partial charge in [-0.25, -0.2) is 21.6 Å². The molecule has 1 fully saturated rings. The second-order valence-electron chi connectivity index (χ2n) is 8.51. The van der Waals surface area contributed by atoms with Crippen LogP contribution in [0.4, 0.5) is 5.69 Å². The van der Waals surface area contributed by atoms with E-state index in [9.17, 15) is 21.6 Å². The Morgan fingerprint density at radius 2 is 1.66 bits per heavy atom. The second-order valence-corrected chi connectivity index (χ2v) is 12.2. The Morgan fingerprint density at radius 1 is 1.00 bits per heavy atom.